The van der Waals surface area contributed by atoms with Crippen LogP contribution in [0.3, 0.4) is 0 Å². The maximum Gasteiger partial charge on any atom is 0.335 e. The van der Waals surface area contributed by atoms with Gasteiger partial charge in [0.15, 0.2) is 0 Å². The maximum atomic E-state index is 10.8. The van der Waals surface area contributed by atoms with Gasteiger partial charge < -0.3 is 5.11 Å². The van der Waals surface area contributed by atoms with Crippen LogP contribution in [-0.4, -0.2) is 11.1 Å². The summed E-state index contributed by atoms with van der Waals surface area (Å²) in [5, 5.41) is 10.8. The summed E-state index contributed by atoms with van der Waals surface area (Å²) in [7, 11) is 0. The van der Waals surface area contributed by atoms with Crippen LogP contribution in [0.5, 0.6) is 0 Å². The van der Waals surface area contributed by atoms with Gasteiger partial charge >= 0.3 is 5.97 Å². The van der Waals surface area contributed by atoms with Crippen molar-refractivity contribution in [2.75, 3.05) is 0 Å². The maximum absolute atomic E-state index is 10.8. The molecule has 0 aliphatic rings. The molecule has 16 heavy (non-hydrogen) atoms. The van der Waals surface area contributed by atoms with Gasteiger partial charge in [0.25, 0.3) is 0 Å². The van der Waals surface area contributed by atoms with Crippen molar-refractivity contribution in [1.82, 2.24) is 0 Å². The Hall–Kier alpha value is -1.80. The number of carboxylic acid groups (broad SMARTS) is 1. The summed E-state index contributed by atoms with van der Waals surface area (Å²) in [5.74, 6) is -0.898. The number of carboxylic acids is 1. The molecule has 1 N–H and O–H groups in total. The molecule has 2 rings (SSSR count). The lowest BCUT2D eigenvalue weighted by molar-refractivity contribution is 0.0697. The lowest BCUT2D eigenvalue weighted by atomic mass is 10.0. The Kier molecular flexibility index (Phi) is 3.69. The number of rotatable bonds is 2. The van der Waals surface area contributed by atoms with E-state index in [0.717, 1.165) is 16.3 Å². The first-order valence-electron chi connectivity index (χ1n) is 4.60. The second kappa shape index (κ2) is 4.81. The van der Waals surface area contributed by atoms with E-state index in [0.29, 0.717) is 5.56 Å². The standard InChI is InChI=1S/C13H10O2.ClH/c1-2-9-3-4-11-8-12(13(14)15)6-5-10(11)7-9;/h2-8H,1H2,(H,14,15);1H. The van der Waals surface area contributed by atoms with Gasteiger partial charge in [-0.1, -0.05) is 30.9 Å². The zero-order chi connectivity index (χ0) is 10.8. The summed E-state index contributed by atoms with van der Waals surface area (Å²) >= 11 is 0. The van der Waals surface area contributed by atoms with Crippen LogP contribution < -0.4 is 0 Å². The predicted molar refractivity (Wildman–Crippen MR) is 68.2 cm³/mol. The summed E-state index contributed by atoms with van der Waals surface area (Å²) in [5.41, 5.74) is 1.35. The summed E-state index contributed by atoms with van der Waals surface area (Å²) in [6.07, 6.45) is 1.77. The Morgan fingerprint density at radius 3 is 2.38 bits per heavy atom. The molecule has 0 unspecified atom stereocenters. The van der Waals surface area contributed by atoms with Crippen LogP contribution in [0.25, 0.3) is 16.8 Å². The van der Waals surface area contributed by atoms with Gasteiger partial charge in [-0.05, 0) is 34.5 Å². The minimum atomic E-state index is -0.898. The van der Waals surface area contributed by atoms with Crippen LogP contribution in [0.2, 0.25) is 0 Å². The van der Waals surface area contributed by atoms with Crippen LogP contribution in [0, 0.1) is 0 Å². The van der Waals surface area contributed by atoms with Gasteiger partial charge in [0, 0.05) is 0 Å². The quantitative estimate of drug-likeness (QED) is 0.862. The normalized spacial score (nSPS) is 9.50. The lowest BCUT2D eigenvalue weighted by Gasteiger charge is -2.01. The van der Waals surface area contributed by atoms with E-state index in [1.165, 1.54) is 0 Å². The molecule has 0 radical (unpaired) electrons. The Balaban J connectivity index is 0.00000128. The van der Waals surface area contributed by atoms with E-state index >= 15 is 0 Å². The first kappa shape index (κ1) is 12.3. The van der Waals surface area contributed by atoms with E-state index in [1.54, 1.807) is 18.2 Å². The zero-order valence-corrected chi connectivity index (χ0v) is 9.33. The third-order valence-electron chi connectivity index (χ3n) is 2.35. The van der Waals surface area contributed by atoms with Crippen molar-refractivity contribution in [1.29, 1.82) is 0 Å². The molecule has 3 heteroatoms. The molecular formula is C13H11ClO2. The predicted octanol–water partition coefficient (Wildman–Crippen LogP) is 3.60. The Morgan fingerprint density at radius 1 is 1.12 bits per heavy atom. The largest absolute Gasteiger partial charge is 0.478 e. The van der Waals surface area contributed by atoms with Crippen molar-refractivity contribution in [3.63, 3.8) is 0 Å². The highest BCUT2D eigenvalue weighted by atomic mass is 35.5. The van der Waals surface area contributed by atoms with Crippen LogP contribution >= 0.6 is 12.4 Å². The fourth-order valence-electron chi connectivity index (χ4n) is 1.52. The molecule has 2 nitrogen and oxygen atoms in total. The molecule has 0 aromatic heterocycles. The van der Waals surface area contributed by atoms with Gasteiger partial charge in [0.2, 0.25) is 0 Å². The third-order valence-corrected chi connectivity index (χ3v) is 2.35. The Morgan fingerprint density at radius 2 is 1.75 bits per heavy atom. The SMILES string of the molecule is C=Cc1ccc2cc(C(=O)O)ccc2c1.Cl. The van der Waals surface area contributed by atoms with E-state index in [1.807, 2.05) is 24.3 Å². The molecule has 0 saturated carbocycles. The molecule has 0 spiro atoms. The fraction of sp³-hybridized carbons (Fsp3) is 0. The van der Waals surface area contributed by atoms with E-state index in [9.17, 15) is 4.79 Å². The number of hydrogen-bond donors (Lipinski definition) is 1. The molecule has 0 aliphatic heterocycles. The second-order valence-electron chi connectivity index (χ2n) is 3.33. The third kappa shape index (κ3) is 2.23. The first-order valence-corrected chi connectivity index (χ1v) is 4.60. The molecule has 0 saturated heterocycles. The van der Waals surface area contributed by atoms with Crippen molar-refractivity contribution in [3.8, 4) is 0 Å². The van der Waals surface area contributed by atoms with Gasteiger partial charge in [-0.3, -0.25) is 0 Å². The minimum Gasteiger partial charge on any atom is -0.478 e. The van der Waals surface area contributed by atoms with Gasteiger partial charge in [-0.25, -0.2) is 4.79 Å². The smallest absolute Gasteiger partial charge is 0.335 e. The van der Waals surface area contributed by atoms with Gasteiger partial charge in [-0.2, -0.15) is 0 Å². The second-order valence-corrected chi connectivity index (χ2v) is 3.33. The molecule has 2 aromatic rings. The van der Waals surface area contributed by atoms with Crippen LogP contribution in [0.4, 0.5) is 0 Å². The van der Waals surface area contributed by atoms with E-state index in [4.69, 9.17) is 5.11 Å². The minimum absolute atomic E-state index is 0. The van der Waals surface area contributed by atoms with Crippen molar-refractivity contribution in [2.24, 2.45) is 0 Å². The highest BCUT2D eigenvalue weighted by Gasteiger charge is 2.03. The first-order chi connectivity index (χ1) is 7.20. The molecule has 0 atom stereocenters. The monoisotopic (exact) mass is 234 g/mol. The summed E-state index contributed by atoms with van der Waals surface area (Å²) < 4.78 is 0. The van der Waals surface area contributed by atoms with Crippen LogP contribution in [0.15, 0.2) is 43.0 Å². The molecule has 0 fully saturated rings. The fourth-order valence-corrected chi connectivity index (χ4v) is 1.52. The average molecular weight is 235 g/mol. The zero-order valence-electron chi connectivity index (χ0n) is 8.51. The number of hydrogen-bond acceptors (Lipinski definition) is 1. The Labute approximate surface area is 99.6 Å². The topological polar surface area (TPSA) is 37.3 Å². The molecule has 0 bridgehead atoms. The lowest BCUT2D eigenvalue weighted by Crippen LogP contribution is -1.95. The summed E-state index contributed by atoms with van der Waals surface area (Å²) in [6, 6.07) is 10.9. The van der Waals surface area contributed by atoms with E-state index in [-0.39, 0.29) is 12.4 Å². The number of carbonyl (C=O) groups is 1. The molecule has 0 aliphatic carbocycles. The summed E-state index contributed by atoms with van der Waals surface area (Å²) in [6.45, 7) is 3.69. The van der Waals surface area contributed by atoms with Crippen molar-refractivity contribution < 1.29 is 9.90 Å². The van der Waals surface area contributed by atoms with E-state index < -0.39 is 5.97 Å². The molecule has 2 aromatic carbocycles. The van der Waals surface area contributed by atoms with Gasteiger partial charge in [0.1, 0.15) is 0 Å². The van der Waals surface area contributed by atoms with Crippen molar-refractivity contribution in [3.05, 3.63) is 54.1 Å². The summed E-state index contributed by atoms with van der Waals surface area (Å²) in [4.78, 5) is 10.8. The van der Waals surface area contributed by atoms with Crippen LogP contribution in [0.1, 0.15) is 15.9 Å². The van der Waals surface area contributed by atoms with Gasteiger partial charge in [0.05, 0.1) is 5.56 Å². The van der Waals surface area contributed by atoms with Crippen LogP contribution in [-0.2, 0) is 0 Å². The number of fused-ring (bicyclic) bond motifs is 1. The Bertz CT molecular complexity index is 547. The molecule has 82 valence electrons. The molecule has 0 amide bonds. The van der Waals surface area contributed by atoms with Gasteiger partial charge in [-0.15, -0.1) is 12.4 Å². The number of benzene rings is 2. The molecular weight excluding hydrogens is 224 g/mol. The molecule has 0 heterocycles. The number of halogens is 1. The van der Waals surface area contributed by atoms with Crippen molar-refractivity contribution >= 4 is 35.2 Å². The highest BCUT2D eigenvalue weighted by Crippen LogP contribution is 2.18. The highest BCUT2D eigenvalue weighted by molar-refractivity contribution is 5.94. The number of aromatic carboxylic acids is 1. The average Bonchev–Trinajstić information content (AvgIpc) is 2.27. The van der Waals surface area contributed by atoms with Crippen molar-refractivity contribution in [2.45, 2.75) is 0 Å². The van der Waals surface area contributed by atoms with E-state index in [2.05, 4.69) is 6.58 Å².